The number of likely N-dealkylation sites (tertiary alicyclic amines) is 1. The van der Waals surface area contributed by atoms with Gasteiger partial charge in [-0.15, -0.1) is 0 Å². The third-order valence-corrected chi connectivity index (χ3v) is 2.15. The molecule has 80 valence electrons. The van der Waals surface area contributed by atoms with Crippen LogP contribution in [0.25, 0.3) is 0 Å². The van der Waals surface area contributed by atoms with Crippen molar-refractivity contribution < 1.29 is 19.1 Å². The Kier molecular flexibility index (Phi) is 3.27. The molecule has 0 spiro atoms. The Balaban J connectivity index is 2.66. The maximum Gasteiger partial charge on any atom is 0.408 e. The summed E-state index contributed by atoms with van der Waals surface area (Å²) in [6.07, 6.45) is -2.53. The van der Waals surface area contributed by atoms with Gasteiger partial charge in [0.1, 0.15) is 12.2 Å². The molecule has 2 N–H and O–H groups in total. The first-order chi connectivity index (χ1) is 6.56. The smallest absolute Gasteiger partial charge is 0.408 e. The van der Waals surface area contributed by atoms with E-state index in [1.54, 1.807) is 6.92 Å². The van der Waals surface area contributed by atoms with E-state index in [-0.39, 0.29) is 13.0 Å². The summed E-state index contributed by atoms with van der Waals surface area (Å²) in [4.78, 5) is 22.8. The van der Waals surface area contributed by atoms with E-state index in [4.69, 9.17) is 5.11 Å². The lowest BCUT2D eigenvalue weighted by Gasteiger charge is -2.19. The molecule has 1 unspecified atom stereocenters. The lowest BCUT2D eigenvalue weighted by atomic mass is 10.2. The summed E-state index contributed by atoms with van der Waals surface area (Å²) in [5.41, 5.74) is 0. The van der Waals surface area contributed by atoms with E-state index in [1.807, 2.05) is 0 Å². The molecule has 5 nitrogen and oxygen atoms in total. The largest absolute Gasteiger partial charge is 0.465 e. The van der Waals surface area contributed by atoms with E-state index in [1.165, 1.54) is 0 Å². The molecule has 1 fully saturated rings. The highest BCUT2D eigenvalue weighted by Crippen LogP contribution is 2.20. The van der Waals surface area contributed by atoms with Gasteiger partial charge in [-0.05, 0) is 6.92 Å². The van der Waals surface area contributed by atoms with Gasteiger partial charge in [-0.1, -0.05) is 0 Å². The Hall–Kier alpha value is -1.33. The first-order valence-corrected chi connectivity index (χ1v) is 4.47. The standard InChI is InChI=1S/C8H13FN2O3/c1-2-10-7(12)6-3-5(9)4-11(6)8(13)14/h5-6H,2-4H2,1H3,(H,10,12)(H,13,14)/t5?,6-/m0/s1. The summed E-state index contributed by atoms with van der Waals surface area (Å²) in [6, 6.07) is -0.873. The van der Waals surface area contributed by atoms with Gasteiger partial charge in [-0.3, -0.25) is 9.69 Å². The summed E-state index contributed by atoms with van der Waals surface area (Å²) < 4.78 is 12.9. The van der Waals surface area contributed by atoms with Gasteiger partial charge < -0.3 is 10.4 Å². The number of rotatable bonds is 2. The van der Waals surface area contributed by atoms with E-state index in [0.717, 1.165) is 4.90 Å². The molecule has 6 heteroatoms. The molecule has 1 aliphatic heterocycles. The van der Waals surface area contributed by atoms with Crippen LogP contribution in [0.5, 0.6) is 0 Å². The number of carbonyl (C=O) groups excluding carboxylic acids is 1. The van der Waals surface area contributed by atoms with Crippen molar-refractivity contribution in [2.75, 3.05) is 13.1 Å². The fraction of sp³-hybridized carbons (Fsp3) is 0.750. The van der Waals surface area contributed by atoms with Crippen molar-refractivity contribution in [2.45, 2.75) is 25.6 Å². The number of hydrogen-bond donors (Lipinski definition) is 2. The number of alkyl halides is 1. The van der Waals surface area contributed by atoms with Gasteiger partial charge in [0.25, 0.3) is 0 Å². The molecule has 0 aromatic heterocycles. The molecular formula is C8H13FN2O3. The lowest BCUT2D eigenvalue weighted by Crippen LogP contribution is -2.45. The second-order valence-corrected chi connectivity index (χ2v) is 3.18. The predicted octanol–water partition coefficient (Wildman–Crippen LogP) is 0.213. The average molecular weight is 204 g/mol. The summed E-state index contributed by atoms with van der Waals surface area (Å²) in [5, 5.41) is 11.2. The van der Waals surface area contributed by atoms with Gasteiger partial charge in [0.15, 0.2) is 0 Å². The topological polar surface area (TPSA) is 69.6 Å². The van der Waals surface area contributed by atoms with Crippen LogP contribution in [-0.4, -0.2) is 47.3 Å². The Labute approximate surface area is 80.9 Å². The SMILES string of the molecule is CCNC(=O)[C@@H]1CC(F)CN1C(=O)O. The number of halogens is 1. The zero-order valence-corrected chi connectivity index (χ0v) is 7.86. The van der Waals surface area contributed by atoms with Gasteiger partial charge in [-0.2, -0.15) is 0 Å². The minimum Gasteiger partial charge on any atom is -0.465 e. The van der Waals surface area contributed by atoms with Crippen molar-refractivity contribution in [2.24, 2.45) is 0 Å². The molecular weight excluding hydrogens is 191 g/mol. The molecule has 0 saturated carbocycles. The van der Waals surface area contributed by atoms with E-state index in [9.17, 15) is 14.0 Å². The molecule has 2 amide bonds. The summed E-state index contributed by atoms with van der Waals surface area (Å²) in [6.45, 7) is 1.93. The average Bonchev–Trinajstić information content (AvgIpc) is 2.48. The van der Waals surface area contributed by atoms with Gasteiger partial charge in [0.2, 0.25) is 5.91 Å². The molecule has 0 aromatic rings. The van der Waals surface area contributed by atoms with E-state index < -0.39 is 24.2 Å². The molecule has 14 heavy (non-hydrogen) atoms. The van der Waals surface area contributed by atoms with Crippen LogP contribution in [0.1, 0.15) is 13.3 Å². The van der Waals surface area contributed by atoms with Crippen molar-refractivity contribution in [3.63, 3.8) is 0 Å². The minimum absolute atomic E-state index is 0.0435. The fourth-order valence-corrected chi connectivity index (χ4v) is 1.54. The third-order valence-electron chi connectivity index (χ3n) is 2.15. The molecule has 0 bridgehead atoms. The maximum absolute atomic E-state index is 12.9. The maximum atomic E-state index is 12.9. The van der Waals surface area contributed by atoms with Gasteiger partial charge >= 0.3 is 6.09 Å². The lowest BCUT2D eigenvalue weighted by molar-refractivity contribution is -0.124. The van der Waals surface area contributed by atoms with Crippen LogP contribution in [0, 0.1) is 0 Å². The predicted molar refractivity (Wildman–Crippen MR) is 46.7 cm³/mol. The number of carboxylic acid groups (broad SMARTS) is 1. The zero-order valence-electron chi connectivity index (χ0n) is 7.86. The number of nitrogens with one attached hydrogen (secondary N) is 1. The third kappa shape index (κ3) is 2.12. The molecule has 0 radical (unpaired) electrons. The molecule has 1 rings (SSSR count). The Bertz CT molecular complexity index is 247. The second-order valence-electron chi connectivity index (χ2n) is 3.18. The zero-order chi connectivity index (χ0) is 10.7. The highest BCUT2D eigenvalue weighted by atomic mass is 19.1. The van der Waals surface area contributed by atoms with Gasteiger partial charge in [-0.25, -0.2) is 9.18 Å². The van der Waals surface area contributed by atoms with E-state index in [0.29, 0.717) is 6.54 Å². The van der Waals surface area contributed by atoms with Crippen molar-refractivity contribution in [3.8, 4) is 0 Å². The number of hydrogen-bond acceptors (Lipinski definition) is 2. The quantitative estimate of drug-likeness (QED) is 0.675. The van der Waals surface area contributed by atoms with Crippen molar-refractivity contribution in [1.29, 1.82) is 0 Å². The van der Waals surface area contributed by atoms with Crippen LogP contribution in [0.3, 0.4) is 0 Å². The number of carbonyl (C=O) groups is 2. The van der Waals surface area contributed by atoms with Crippen LogP contribution >= 0.6 is 0 Å². The summed E-state index contributed by atoms with van der Waals surface area (Å²) in [5.74, 6) is -0.421. The van der Waals surface area contributed by atoms with Gasteiger partial charge in [0, 0.05) is 13.0 Å². The molecule has 1 saturated heterocycles. The number of likely N-dealkylation sites (N-methyl/N-ethyl adjacent to an activating group) is 1. The van der Waals surface area contributed by atoms with Crippen LogP contribution in [0.2, 0.25) is 0 Å². The number of amides is 2. The molecule has 2 atom stereocenters. The normalized spacial score (nSPS) is 26.3. The van der Waals surface area contributed by atoms with Crippen molar-refractivity contribution >= 4 is 12.0 Å². The molecule has 0 aliphatic carbocycles. The highest BCUT2D eigenvalue weighted by molar-refractivity contribution is 5.85. The van der Waals surface area contributed by atoms with Crippen molar-refractivity contribution in [1.82, 2.24) is 10.2 Å². The monoisotopic (exact) mass is 204 g/mol. The van der Waals surface area contributed by atoms with Crippen LogP contribution < -0.4 is 5.32 Å². The number of nitrogens with zero attached hydrogens (tertiary/aromatic N) is 1. The Morgan fingerprint density at radius 1 is 1.64 bits per heavy atom. The molecule has 0 aromatic carbocycles. The highest BCUT2D eigenvalue weighted by Gasteiger charge is 2.39. The van der Waals surface area contributed by atoms with E-state index >= 15 is 0 Å². The minimum atomic E-state index is -1.25. The second kappa shape index (κ2) is 4.26. The summed E-state index contributed by atoms with van der Waals surface area (Å²) >= 11 is 0. The van der Waals surface area contributed by atoms with Gasteiger partial charge in [0.05, 0.1) is 6.54 Å². The molecule has 1 aliphatic rings. The Morgan fingerprint density at radius 3 is 2.79 bits per heavy atom. The first-order valence-electron chi connectivity index (χ1n) is 4.47. The van der Waals surface area contributed by atoms with Crippen molar-refractivity contribution in [3.05, 3.63) is 0 Å². The van der Waals surface area contributed by atoms with Crippen LogP contribution in [0.4, 0.5) is 9.18 Å². The molecule has 1 heterocycles. The van der Waals surface area contributed by atoms with Crippen LogP contribution in [0.15, 0.2) is 0 Å². The fourth-order valence-electron chi connectivity index (χ4n) is 1.54. The van der Waals surface area contributed by atoms with Crippen LogP contribution in [-0.2, 0) is 4.79 Å². The summed E-state index contributed by atoms with van der Waals surface area (Å²) in [7, 11) is 0. The van der Waals surface area contributed by atoms with E-state index in [2.05, 4.69) is 5.32 Å². The Morgan fingerprint density at radius 2 is 2.29 bits per heavy atom. The first kappa shape index (κ1) is 10.7.